The minimum Gasteiger partial charge on any atom is -0.497 e. The Labute approximate surface area is 166 Å². The van der Waals surface area contributed by atoms with Crippen molar-refractivity contribution in [2.24, 2.45) is 0 Å². The van der Waals surface area contributed by atoms with E-state index in [2.05, 4.69) is 46.4 Å². The number of pyridine rings is 1. The fourth-order valence-electron chi connectivity index (χ4n) is 3.55. The number of benzene rings is 1. The van der Waals surface area contributed by atoms with Crippen LogP contribution in [0.15, 0.2) is 24.3 Å². The summed E-state index contributed by atoms with van der Waals surface area (Å²) in [6.45, 7) is 10.7. The first-order chi connectivity index (χ1) is 13.0. The van der Waals surface area contributed by atoms with Crippen molar-refractivity contribution in [3.63, 3.8) is 0 Å². The molecule has 1 aliphatic heterocycles. The van der Waals surface area contributed by atoms with Crippen LogP contribution < -0.4 is 9.64 Å². The number of methoxy groups -OCH3 is 1. The standard InChI is InChI=1S/C21H26N4OS/c1-15-16(2)20(13-22)21(27)25(17(15)3)14-23-9-11-24(12-10-23)18-5-7-19(26-4)8-6-18/h5-8H,9-12,14H2,1-4H3. The summed E-state index contributed by atoms with van der Waals surface area (Å²) in [4.78, 5) is 4.79. The predicted octanol–water partition coefficient (Wildman–Crippen LogP) is 3.80. The SMILES string of the molecule is COc1ccc(N2CCN(Cn3c(C)c(C)c(C)c(C#N)c3=S)CC2)cc1. The number of aromatic nitrogens is 1. The molecular formula is C21H26N4OS. The summed E-state index contributed by atoms with van der Waals surface area (Å²) in [7, 11) is 1.69. The first kappa shape index (κ1) is 19.4. The Balaban J connectivity index is 1.72. The van der Waals surface area contributed by atoms with E-state index in [1.165, 1.54) is 5.69 Å². The summed E-state index contributed by atoms with van der Waals surface area (Å²) in [5.74, 6) is 0.880. The van der Waals surface area contributed by atoms with Crippen molar-refractivity contribution in [3.05, 3.63) is 51.3 Å². The Hall–Kier alpha value is -2.36. The molecule has 6 heteroatoms. The largest absolute Gasteiger partial charge is 0.497 e. The van der Waals surface area contributed by atoms with Gasteiger partial charge in [-0.05, 0) is 56.2 Å². The molecule has 2 heterocycles. The molecule has 1 aliphatic rings. The number of hydrogen-bond donors (Lipinski definition) is 0. The number of piperazine rings is 1. The lowest BCUT2D eigenvalue weighted by molar-refractivity contribution is 0.202. The van der Waals surface area contributed by atoms with E-state index in [0.717, 1.165) is 55.4 Å². The zero-order valence-corrected chi connectivity index (χ0v) is 17.3. The molecule has 0 amide bonds. The number of ether oxygens (including phenoxy) is 1. The first-order valence-electron chi connectivity index (χ1n) is 9.18. The minimum absolute atomic E-state index is 0.630. The Morgan fingerprint density at radius 1 is 1.04 bits per heavy atom. The third-order valence-corrected chi connectivity index (χ3v) is 6.03. The molecule has 27 heavy (non-hydrogen) atoms. The second-order valence-corrected chi connectivity index (χ2v) is 7.39. The fraction of sp³-hybridized carbons (Fsp3) is 0.429. The summed E-state index contributed by atoms with van der Waals surface area (Å²) in [6.07, 6.45) is 0. The highest BCUT2D eigenvalue weighted by Gasteiger charge is 2.19. The maximum Gasteiger partial charge on any atom is 0.125 e. The lowest BCUT2D eigenvalue weighted by Gasteiger charge is -2.37. The van der Waals surface area contributed by atoms with Crippen molar-refractivity contribution >= 4 is 17.9 Å². The summed E-state index contributed by atoms with van der Waals surface area (Å²) in [5.41, 5.74) is 5.15. The van der Waals surface area contributed by atoms with Gasteiger partial charge >= 0.3 is 0 Å². The molecular weight excluding hydrogens is 356 g/mol. The molecule has 0 saturated carbocycles. The Kier molecular flexibility index (Phi) is 5.83. The molecule has 0 radical (unpaired) electrons. The summed E-state index contributed by atoms with van der Waals surface area (Å²) >= 11 is 5.61. The maximum atomic E-state index is 9.48. The lowest BCUT2D eigenvalue weighted by atomic mass is 10.0. The Morgan fingerprint density at radius 2 is 1.67 bits per heavy atom. The number of nitrogens with zero attached hydrogens (tertiary/aromatic N) is 4. The number of anilines is 1. The van der Waals surface area contributed by atoms with Crippen molar-refractivity contribution in [1.29, 1.82) is 5.26 Å². The van der Waals surface area contributed by atoms with Gasteiger partial charge in [-0.2, -0.15) is 5.26 Å². The van der Waals surface area contributed by atoms with Crippen LogP contribution >= 0.6 is 12.2 Å². The highest BCUT2D eigenvalue weighted by Crippen LogP contribution is 2.22. The van der Waals surface area contributed by atoms with Crippen molar-refractivity contribution in [3.8, 4) is 11.8 Å². The van der Waals surface area contributed by atoms with Crippen LogP contribution in [-0.4, -0.2) is 42.8 Å². The molecule has 1 saturated heterocycles. The second-order valence-electron chi connectivity index (χ2n) is 7.00. The van der Waals surface area contributed by atoms with E-state index in [-0.39, 0.29) is 0 Å². The van der Waals surface area contributed by atoms with Crippen LogP contribution in [0, 0.1) is 36.7 Å². The summed E-state index contributed by atoms with van der Waals surface area (Å²) in [6, 6.07) is 10.5. The lowest BCUT2D eigenvalue weighted by Crippen LogP contribution is -2.47. The molecule has 5 nitrogen and oxygen atoms in total. The van der Waals surface area contributed by atoms with Crippen molar-refractivity contribution < 1.29 is 4.74 Å². The fourth-order valence-corrected chi connectivity index (χ4v) is 3.94. The van der Waals surface area contributed by atoms with Crippen LogP contribution in [0.1, 0.15) is 22.4 Å². The van der Waals surface area contributed by atoms with E-state index >= 15 is 0 Å². The molecule has 0 atom stereocenters. The van der Waals surface area contributed by atoms with Gasteiger partial charge in [0.2, 0.25) is 0 Å². The Morgan fingerprint density at radius 3 is 2.22 bits per heavy atom. The monoisotopic (exact) mass is 382 g/mol. The van der Waals surface area contributed by atoms with Gasteiger partial charge in [0, 0.05) is 37.6 Å². The van der Waals surface area contributed by atoms with Crippen LogP contribution in [0.2, 0.25) is 0 Å². The van der Waals surface area contributed by atoms with E-state index in [1.54, 1.807) is 7.11 Å². The third kappa shape index (κ3) is 3.85. The zero-order valence-electron chi connectivity index (χ0n) is 16.5. The number of hydrogen-bond acceptors (Lipinski definition) is 5. The normalized spacial score (nSPS) is 14.9. The average Bonchev–Trinajstić information content (AvgIpc) is 2.71. The van der Waals surface area contributed by atoms with Crippen molar-refractivity contribution in [1.82, 2.24) is 9.47 Å². The van der Waals surface area contributed by atoms with Gasteiger partial charge in [-0.15, -0.1) is 0 Å². The molecule has 1 fully saturated rings. The maximum absolute atomic E-state index is 9.48. The van der Waals surface area contributed by atoms with Gasteiger partial charge in [0.05, 0.1) is 19.3 Å². The smallest absolute Gasteiger partial charge is 0.125 e. The minimum atomic E-state index is 0.630. The van der Waals surface area contributed by atoms with Crippen LogP contribution in [0.4, 0.5) is 5.69 Å². The van der Waals surface area contributed by atoms with Crippen LogP contribution in [0.25, 0.3) is 0 Å². The summed E-state index contributed by atoms with van der Waals surface area (Å²) in [5, 5.41) is 9.48. The molecule has 1 aromatic heterocycles. The molecule has 1 aromatic carbocycles. The Bertz CT molecular complexity index is 919. The van der Waals surface area contributed by atoms with Crippen LogP contribution in [0.5, 0.6) is 5.75 Å². The van der Waals surface area contributed by atoms with Gasteiger partial charge in [-0.3, -0.25) is 4.90 Å². The summed E-state index contributed by atoms with van der Waals surface area (Å²) < 4.78 is 8.00. The van der Waals surface area contributed by atoms with Gasteiger partial charge in [0.25, 0.3) is 0 Å². The second kappa shape index (κ2) is 8.12. The molecule has 0 spiro atoms. The molecule has 0 aliphatic carbocycles. The zero-order chi connectivity index (χ0) is 19.6. The van der Waals surface area contributed by atoms with Gasteiger partial charge in [0.1, 0.15) is 16.5 Å². The van der Waals surface area contributed by atoms with Gasteiger partial charge in [-0.25, -0.2) is 0 Å². The van der Waals surface area contributed by atoms with Crippen LogP contribution in [-0.2, 0) is 6.67 Å². The first-order valence-corrected chi connectivity index (χ1v) is 9.59. The van der Waals surface area contributed by atoms with E-state index in [4.69, 9.17) is 17.0 Å². The van der Waals surface area contributed by atoms with E-state index < -0.39 is 0 Å². The number of rotatable bonds is 4. The van der Waals surface area contributed by atoms with E-state index in [1.807, 2.05) is 19.1 Å². The number of nitriles is 1. The molecule has 3 rings (SSSR count). The van der Waals surface area contributed by atoms with Crippen molar-refractivity contribution in [2.45, 2.75) is 27.4 Å². The molecule has 0 unspecified atom stereocenters. The van der Waals surface area contributed by atoms with Crippen molar-refractivity contribution in [2.75, 3.05) is 38.2 Å². The third-order valence-electron chi connectivity index (χ3n) is 5.61. The average molecular weight is 383 g/mol. The van der Waals surface area contributed by atoms with E-state index in [0.29, 0.717) is 10.2 Å². The van der Waals surface area contributed by atoms with Gasteiger partial charge in [-0.1, -0.05) is 12.2 Å². The molecule has 0 bridgehead atoms. The molecule has 0 N–H and O–H groups in total. The molecule has 2 aromatic rings. The quantitative estimate of drug-likeness (QED) is 0.753. The van der Waals surface area contributed by atoms with Gasteiger partial charge in [0.15, 0.2) is 0 Å². The highest BCUT2D eigenvalue weighted by atomic mass is 32.1. The van der Waals surface area contributed by atoms with Crippen LogP contribution in [0.3, 0.4) is 0 Å². The van der Waals surface area contributed by atoms with E-state index in [9.17, 15) is 5.26 Å². The van der Waals surface area contributed by atoms with Gasteiger partial charge < -0.3 is 14.2 Å². The molecule has 142 valence electrons. The predicted molar refractivity (Wildman–Crippen MR) is 111 cm³/mol. The highest BCUT2D eigenvalue weighted by molar-refractivity contribution is 7.71. The topological polar surface area (TPSA) is 44.4 Å².